The SMILES string of the molecule is CN1C(C)(C)CC(OCC(O)COC(=O)CCOC(=O)c2cc(I)cc(I)c2I)CC1(C)C. The molecular formula is C23H32I3NO6. The molecule has 1 heterocycles. The zero-order valence-electron chi connectivity index (χ0n) is 19.6. The van der Waals surface area contributed by atoms with Crippen LogP contribution in [0.4, 0.5) is 0 Å². The van der Waals surface area contributed by atoms with Crippen LogP contribution in [0, 0.1) is 10.7 Å². The summed E-state index contributed by atoms with van der Waals surface area (Å²) >= 11 is 6.42. The van der Waals surface area contributed by atoms with Gasteiger partial charge < -0.3 is 19.3 Å². The van der Waals surface area contributed by atoms with Crippen LogP contribution in [0.5, 0.6) is 0 Å². The molecule has 7 nitrogen and oxygen atoms in total. The number of halogens is 3. The second-order valence-corrected chi connectivity index (χ2v) is 13.0. The zero-order chi connectivity index (χ0) is 25.0. The third-order valence-electron chi connectivity index (χ3n) is 5.98. The fourth-order valence-electron chi connectivity index (χ4n) is 3.96. The molecule has 1 unspecified atom stereocenters. The van der Waals surface area contributed by atoms with Crippen LogP contribution in [0.2, 0.25) is 0 Å². The number of carbonyl (C=O) groups is 2. The topological polar surface area (TPSA) is 85.3 Å². The smallest absolute Gasteiger partial charge is 0.339 e. The molecule has 0 radical (unpaired) electrons. The van der Waals surface area contributed by atoms with Crippen LogP contribution < -0.4 is 0 Å². The summed E-state index contributed by atoms with van der Waals surface area (Å²) in [6.07, 6.45) is 0.779. The first-order chi connectivity index (χ1) is 15.2. The highest BCUT2D eigenvalue weighted by Crippen LogP contribution is 2.38. The molecule has 2 rings (SSSR count). The summed E-state index contributed by atoms with van der Waals surface area (Å²) in [4.78, 5) is 26.7. The summed E-state index contributed by atoms with van der Waals surface area (Å²) < 4.78 is 19.0. The number of nitrogens with zero attached hydrogens (tertiary/aromatic N) is 1. The average molecular weight is 799 g/mol. The Labute approximate surface area is 237 Å². The maximum Gasteiger partial charge on any atom is 0.339 e. The first kappa shape index (κ1) is 29.5. The number of piperidine rings is 1. The molecule has 0 amide bonds. The second kappa shape index (κ2) is 12.5. The molecule has 1 aliphatic rings. The second-order valence-electron chi connectivity index (χ2n) is 9.52. The fourth-order valence-corrected chi connectivity index (χ4v) is 6.34. The average Bonchev–Trinajstić information content (AvgIpc) is 2.71. The Kier molecular flexibility index (Phi) is 11.1. The van der Waals surface area contributed by atoms with Crippen molar-refractivity contribution in [2.45, 2.75) is 70.2 Å². The van der Waals surface area contributed by atoms with E-state index >= 15 is 0 Å². The zero-order valence-corrected chi connectivity index (χ0v) is 26.1. The Morgan fingerprint density at radius 1 is 1.09 bits per heavy atom. The van der Waals surface area contributed by atoms with Crippen molar-refractivity contribution in [1.29, 1.82) is 0 Å². The van der Waals surface area contributed by atoms with Crippen LogP contribution in [0.25, 0.3) is 0 Å². The van der Waals surface area contributed by atoms with Gasteiger partial charge in [0.25, 0.3) is 0 Å². The van der Waals surface area contributed by atoms with E-state index in [9.17, 15) is 14.7 Å². The van der Waals surface area contributed by atoms with E-state index in [0.717, 1.165) is 23.6 Å². The Hall–Kier alpha value is 0.230. The molecule has 0 aliphatic carbocycles. The van der Waals surface area contributed by atoms with Crippen molar-refractivity contribution in [2.75, 3.05) is 26.9 Å². The fraction of sp³-hybridized carbons (Fsp3) is 0.652. The molecule has 10 heteroatoms. The van der Waals surface area contributed by atoms with E-state index in [1.807, 2.05) is 6.07 Å². The highest BCUT2D eigenvalue weighted by Gasteiger charge is 2.43. The van der Waals surface area contributed by atoms with Crippen molar-refractivity contribution in [3.8, 4) is 0 Å². The molecule has 1 aliphatic heterocycles. The van der Waals surface area contributed by atoms with E-state index in [-0.39, 0.29) is 43.4 Å². The van der Waals surface area contributed by atoms with Gasteiger partial charge in [-0.15, -0.1) is 0 Å². The first-order valence-electron chi connectivity index (χ1n) is 10.7. The first-order valence-corrected chi connectivity index (χ1v) is 14.0. The molecular weight excluding hydrogens is 767 g/mol. The van der Waals surface area contributed by atoms with Gasteiger partial charge in [0, 0.05) is 21.8 Å². The van der Waals surface area contributed by atoms with Gasteiger partial charge in [0.15, 0.2) is 0 Å². The lowest BCUT2D eigenvalue weighted by Crippen LogP contribution is -2.60. The van der Waals surface area contributed by atoms with Crippen LogP contribution in [-0.4, -0.2) is 72.1 Å². The lowest BCUT2D eigenvalue weighted by molar-refractivity contribution is -0.150. The third-order valence-corrected chi connectivity index (χ3v) is 9.65. The molecule has 1 aromatic carbocycles. The number of likely N-dealkylation sites (tertiary alicyclic amines) is 1. The Morgan fingerprint density at radius 3 is 2.30 bits per heavy atom. The monoisotopic (exact) mass is 799 g/mol. The molecule has 1 aromatic rings. The standard InChI is InChI=1S/C23H32I3NO6/c1-22(2)10-16(11-23(3,4)27(22)5)32-12-15(28)13-33-19(29)6-7-31-21(30)17-8-14(24)9-18(25)20(17)26/h8-9,15-16,28H,6-7,10-13H2,1-5H3. The van der Waals surface area contributed by atoms with Gasteiger partial charge >= 0.3 is 11.9 Å². The summed E-state index contributed by atoms with van der Waals surface area (Å²) in [5.41, 5.74) is 0.471. The minimum absolute atomic E-state index is 0.00432. The normalized spacial score (nSPS) is 19.2. The van der Waals surface area contributed by atoms with Gasteiger partial charge in [-0.2, -0.15) is 0 Å². The van der Waals surface area contributed by atoms with Crippen molar-refractivity contribution >= 4 is 79.7 Å². The molecule has 1 saturated heterocycles. The Balaban J connectivity index is 1.70. The predicted molar refractivity (Wildman–Crippen MR) is 151 cm³/mol. The van der Waals surface area contributed by atoms with Crippen LogP contribution in [0.1, 0.15) is 57.3 Å². The molecule has 1 fully saturated rings. The summed E-state index contributed by atoms with van der Waals surface area (Å²) in [5.74, 6) is -1.00. The molecule has 0 saturated carbocycles. The van der Waals surface area contributed by atoms with Crippen LogP contribution in [0.15, 0.2) is 12.1 Å². The van der Waals surface area contributed by atoms with Crippen molar-refractivity contribution < 1.29 is 28.9 Å². The number of ether oxygens (including phenoxy) is 3. The number of aliphatic hydroxyl groups is 1. The number of esters is 2. The molecule has 0 aromatic heterocycles. The molecule has 0 bridgehead atoms. The minimum Gasteiger partial charge on any atom is -0.463 e. The van der Waals surface area contributed by atoms with Crippen molar-refractivity contribution in [3.63, 3.8) is 0 Å². The Bertz CT molecular complexity index is 843. The van der Waals surface area contributed by atoms with E-state index in [2.05, 4.69) is 107 Å². The number of hydrogen-bond acceptors (Lipinski definition) is 7. The maximum atomic E-state index is 12.3. The molecule has 186 valence electrons. The quantitative estimate of drug-likeness (QED) is 0.222. The van der Waals surface area contributed by atoms with Crippen molar-refractivity contribution in [3.05, 3.63) is 28.4 Å². The molecule has 1 atom stereocenters. The Morgan fingerprint density at radius 2 is 1.70 bits per heavy atom. The predicted octanol–water partition coefficient (Wildman–Crippen LogP) is 4.62. The number of benzene rings is 1. The highest BCUT2D eigenvalue weighted by atomic mass is 127. The largest absolute Gasteiger partial charge is 0.463 e. The summed E-state index contributed by atoms with van der Waals surface area (Å²) in [5, 5.41) is 10.2. The van der Waals surface area contributed by atoms with E-state index in [1.54, 1.807) is 6.07 Å². The third kappa shape index (κ3) is 8.69. The van der Waals surface area contributed by atoms with Gasteiger partial charge in [0.2, 0.25) is 0 Å². The van der Waals surface area contributed by atoms with Gasteiger partial charge in [-0.3, -0.25) is 9.69 Å². The van der Waals surface area contributed by atoms with Gasteiger partial charge in [0.05, 0.1) is 24.7 Å². The van der Waals surface area contributed by atoms with Crippen LogP contribution in [-0.2, 0) is 19.0 Å². The summed E-state index contributed by atoms with van der Waals surface area (Å²) in [7, 11) is 2.13. The maximum absolute atomic E-state index is 12.3. The van der Waals surface area contributed by atoms with Gasteiger partial charge in [0.1, 0.15) is 19.3 Å². The minimum atomic E-state index is -0.905. The van der Waals surface area contributed by atoms with Crippen molar-refractivity contribution in [2.24, 2.45) is 0 Å². The van der Waals surface area contributed by atoms with Gasteiger partial charge in [-0.1, -0.05) is 0 Å². The van der Waals surface area contributed by atoms with Crippen molar-refractivity contribution in [1.82, 2.24) is 4.90 Å². The lowest BCUT2D eigenvalue weighted by Gasteiger charge is -2.53. The highest BCUT2D eigenvalue weighted by molar-refractivity contribution is 14.1. The van der Waals surface area contributed by atoms with Gasteiger partial charge in [-0.25, -0.2) is 4.79 Å². The lowest BCUT2D eigenvalue weighted by atomic mass is 9.79. The van der Waals surface area contributed by atoms with E-state index in [0.29, 0.717) is 5.56 Å². The number of rotatable bonds is 9. The number of hydrogen-bond donors (Lipinski definition) is 1. The summed E-state index contributed by atoms with van der Waals surface area (Å²) in [6.45, 7) is 8.63. The molecule has 0 spiro atoms. The molecule has 33 heavy (non-hydrogen) atoms. The molecule has 1 N–H and O–H groups in total. The number of aliphatic hydroxyl groups excluding tert-OH is 1. The van der Waals surface area contributed by atoms with Crippen LogP contribution >= 0.6 is 67.8 Å². The van der Waals surface area contributed by atoms with E-state index in [1.165, 1.54) is 0 Å². The van der Waals surface area contributed by atoms with E-state index in [4.69, 9.17) is 14.2 Å². The number of carbonyl (C=O) groups excluding carboxylic acids is 2. The summed E-state index contributed by atoms with van der Waals surface area (Å²) in [6, 6.07) is 3.73. The van der Waals surface area contributed by atoms with E-state index < -0.39 is 18.0 Å². The van der Waals surface area contributed by atoms with Crippen LogP contribution in [0.3, 0.4) is 0 Å². The van der Waals surface area contributed by atoms with Gasteiger partial charge in [-0.05, 0) is 127 Å².